The number of pyridine rings is 1. The summed E-state index contributed by atoms with van der Waals surface area (Å²) in [5.74, 6) is -0.319. The van der Waals surface area contributed by atoms with Crippen LogP contribution in [0.2, 0.25) is 0 Å². The lowest BCUT2D eigenvalue weighted by Gasteiger charge is -2.06. The molecule has 3 heteroatoms. The summed E-state index contributed by atoms with van der Waals surface area (Å²) in [6.45, 7) is 5.26. The highest BCUT2D eigenvalue weighted by Crippen LogP contribution is 2.13. The summed E-state index contributed by atoms with van der Waals surface area (Å²) in [6.07, 6.45) is 0. The summed E-state index contributed by atoms with van der Waals surface area (Å²) in [4.78, 5) is 13.6. The zero-order chi connectivity index (χ0) is 9.30. The molecule has 1 heterocycles. The maximum absolute atomic E-state index is 13.1. The molecule has 0 radical (unpaired) electrons. The van der Waals surface area contributed by atoms with Gasteiger partial charge < -0.3 is 4.98 Å². The van der Waals surface area contributed by atoms with Crippen molar-refractivity contribution in [1.82, 2.24) is 4.98 Å². The lowest BCUT2D eigenvalue weighted by molar-refractivity contribution is 0.580. The van der Waals surface area contributed by atoms with E-state index in [0.29, 0.717) is 11.3 Å². The maximum atomic E-state index is 13.1. The van der Waals surface area contributed by atoms with Gasteiger partial charge in [0.05, 0.1) is 5.69 Å². The number of nitrogens with one attached hydrogen (secondary N) is 1. The van der Waals surface area contributed by atoms with Crippen molar-refractivity contribution in [2.45, 2.75) is 26.7 Å². The van der Waals surface area contributed by atoms with Crippen molar-refractivity contribution in [3.63, 3.8) is 0 Å². The van der Waals surface area contributed by atoms with Gasteiger partial charge in [-0.1, -0.05) is 13.8 Å². The highest BCUT2D eigenvalue weighted by atomic mass is 19.1. The van der Waals surface area contributed by atoms with Crippen LogP contribution in [0.1, 0.15) is 31.0 Å². The molecule has 0 amide bonds. The molecule has 66 valence electrons. The van der Waals surface area contributed by atoms with Crippen LogP contribution < -0.4 is 5.56 Å². The van der Waals surface area contributed by atoms with Crippen molar-refractivity contribution in [3.05, 3.63) is 33.5 Å². The third kappa shape index (κ3) is 1.55. The molecule has 1 N–H and O–H groups in total. The largest absolute Gasteiger partial charge is 0.323 e. The lowest BCUT2D eigenvalue weighted by Crippen LogP contribution is -2.14. The van der Waals surface area contributed by atoms with E-state index in [9.17, 15) is 9.18 Å². The van der Waals surface area contributed by atoms with E-state index in [4.69, 9.17) is 0 Å². The van der Waals surface area contributed by atoms with Crippen molar-refractivity contribution in [2.24, 2.45) is 0 Å². The average Bonchev–Trinajstić information content (AvgIpc) is 1.96. The molecule has 1 rings (SSSR count). The first kappa shape index (κ1) is 8.97. The monoisotopic (exact) mass is 169 g/mol. The van der Waals surface area contributed by atoms with Gasteiger partial charge in [-0.05, 0) is 18.9 Å². The van der Waals surface area contributed by atoms with E-state index in [2.05, 4.69) is 4.98 Å². The van der Waals surface area contributed by atoms with Crippen LogP contribution in [0, 0.1) is 12.7 Å². The fourth-order valence-corrected chi connectivity index (χ4v) is 1.03. The van der Waals surface area contributed by atoms with Gasteiger partial charge in [-0.25, -0.2) is 4.39 Å². The normalized spacial score (nSPS) is 10.8. The number of aromatic amines is 1. The predicted molar refractivity (Wildman–Crippen MR) is 45.8 cm³/mol. The van der Waals surface area contributed by atoms with E-state index in [1.165, 1.54) is 6.07 Å². The van der Waals surface area contributed by atoms with Crippen molar-refractivity contribution >= 4 is 0 Å². The molecule has 0 aromatic carbocycles. The van der Waals surface area contributed by atoms with Crippen LogP contribution in [0.15, 0.2) is 10.9 Å². The summed E-state index contributed by atoms with van der Waals surface area (Å²) in [6, 6.07) is 1.27. The fourth-order valence-electron chi connectivity index (χ4n) is 1.03. The van der Waals surface area contributed by atoms with Crippen LogP contribution in [0.5, 0.6) is 0 Å². The van der Waals surface area contributed by atoms with Gasteiger partial charge in [-0.3, -0.25) is 4.79 Å². The first-order chi connectivity index (χ1) is 5.52. The molecule has 1 aromatic rings. The summed E-state index contributed by atoms with van der Waals surface area (Å²) in [5.41, 5.74) is 0.586. The molecule has 2 nitrogen and oxygen atoms in total. The summed E-state index contributed by atoms with van der Waals surface area (Å²) >= 11 is 0. The zero-order valence-corrected chi connectivity index (χ0v) is 7.44. The minimum absolute atomic E-state index is 0.0123. The highest BCUT2D eigenvalue weighted by Gasteiger charge is 2.08. The van der Waals surface area contributed by atoms with Gasteiger partial charge in [-0.2, -0.15) is 0 Å². The van der Waals surface area contributed by atoms with Gasteiger partial charge in [-0.15, -0.1) is 0 Å². The third-order valence-electron chi connectivity index (χ3n) is 1.78. The number of H-pyrrole nitrogens is 1. The van der Waals surface area contributed by atoms with Gasteiger partial charge in [0.1, 0.15) is 5.82 Å². The van der Waals surface area contributed by atoms with Gasteiger partial charge in [0.2, 0.25) is 0 Å². The first-order valence-electron chi connectivity index (χ1n) is 3.91. The predicted octanol–water partition coefficient (Wildman–Crippen LogP) is 1.95. The topological polar surface area (TPSA) is 32.9 Å². The number of halogens is 1. The van der Waals surface area contributed by atoms with Gasteiger partial charge in [0, 0.05) is 5.56 Å². The molecule has 0 aliphatic carbocycles. The van der Waals surface area contributed by atoms with E-state index >= 15 is 0 Å². The van der Waals surface area contributed by atoms with E-state index in [0.717, 1.165) is 0 Å². The molecule has 0 aliphatic heterocycles. The minimum Gasteiger partial charge on any atom is -0.323 e. The van der Waals surface area contributed by atoms with Crippen LogP contribution in [0.25, 0.3) is 0 Å². The number of aromatic nitrogens is 1. The van der Waals surface area contributed by atoms with Gasteiger partial charge >= 0.3 is 0 Å². The van der Waals surface area contributed by atoms with Crippen molar-refractivity contribution in [3.8, 4) is 0 Å². The molecule has 0 aliphatic rings. The zero-order valence-electron chi connectivity index (χ0n) is 7.44. The Kier molecular flexibility index (Phi) is 2.31. The van der Waals surface area contributed by atoms with Gasteiger partial charge in [0.25, 0.3) is 5.56 Å². The molecule has 0 saturated heterocycles. The number of hydrogen-bond donors (Lipinski definition) is 1. The highest BCUT2D eigenvalue weighted by molar-refractivity contribution is 5.17. The SMILES string of the molecule is Cc1cc(F)c(C(C)C)[nH]c1=O. The molecule has 1 aromatic heterocycles. The minimum atomic E-state index is -0.331. The second-order valence-electron chi connectivity index (χ2n) is 3.20. The smallest absolute Gasteiger partial charge is 0.251 e. The van der Waals surface area contributed by atoms with E-state index in [1.54, 1.807) is 6.92 Å². The van der Waals surface area contributed by atoms with Gasteiger partial charge in [0.15, 0.2) is 0 Å². The molecule has 0 saturated carbocycles. The summed E-state index contributed by atoms with van der Waals surface area (Å²) in [5, 5.41) is 0. The second-order valence-corrected chi connectivity index (χ2v) is 3.20. The Hall–Kier alpha value is -1.12. The summed E-state index contributed by atoms with van der Waals surface area (Å²) < 4.78 is 13.1. The lowest BCUT2D eigenvalue weighted by atomic mass is 10.1. The fraction of sp³-hybridized carbons (Fsp3) is 0.444. The Balaban J connectivity index is 3.33. The van der Waals surface area contributed by atoms with E-state index in [1.807, 2.05) is 13.8 Å². The molecule has 0 spiro atoms. The molecular formula is C9H12FNO. The van der Waals surface area contributed by atoms with Crippen molar-refractivity contribution < 1.29 is 4.39 Å². The Bertz CT molecular complexity index is 341. The van der Waals surface area contributed by atoms with Crippen molar-refractivity contribution in [1.29, 1.82) is 0 Å². The number of aryl methyl sites for hydroxylation is 1. The molecule has 0 unspecified atom stereocenters. The van der Waals surface area contributed by atoms with E-state index < -0.39 is 0 Å². The summed E-state index contributed by atoms with van der Waals surface area (Å²) in [7, 11) is 0. The van der Waals surface area contributed by atoms with Crippen LogP contribution in [-0.4, -0.2) is 4.98 Å². The Morgan fingerprint density at radius 3 is 2.58 bits per heavy atom. The Labute approximate surface area is 70.4 Å². The number of rotatable bonds is 1. The van der Waals surface area contributed by atoms with Crippen LogP contribution in [0.3, 0.4) is 0 Å². The van der Waals surface area contributed by atoms with Crippen LogP contribution >= 0.6 is 0 Å². The Morgan fingerprint density at radius 1 is 1.50 bits per heavy atom. The van der Waals surface area contributed by atoms with E-state index in [-0.39, 0.29) is 17.3 Å². The maximum Gasteiger partial charge on any atom is 0.251 e. The standard InChI is InChI=1S/C9H12FNO/c1-5(2)8-7(10)4-6(3)9(12)11-8/h4-5H,1-3H3,(H,11,12). The first-order valence-corrected chi connectivity index (χ1v) is 3.91. The van der Waals surface area contributed by atoms with Crippen LogP contribution in [-0.2, 0) is 0 Å². The second kappa shape index (κ2) is 3.09. The molecular weight excluding hydrogens is 157 g/mol. The molecule has 0 bridgehead atoms. The Morgan fingerprint density at radius 2 is 2.08 bits per heavy atom. The number of hydrogen-bond acceptors (Lipinski definition) is 1. The molecule has 0 atom stereocenters. The third-order valence-corrected chi connectivity index (χ3v) is 1.78. The van der Waals surface area contributed by atoms with Crippen molar-refractivity contribution in [2.75, 3.05) is 0 Å². The molecule has 12 heavy (non-hydrogen) atoms. The van der Waals surface area contributed by atoms with Crippen LogP contribution in [0.4, 0.5) is 4.39 Å². The average molecular weight is 169 g/mol. The quantitative estimate of drug-likeness (QED) is 0.684. The molecule has 0 fully saturated rings.